The minimum atomic E-state index is -3.35. The molecule has 0 spiro atoms. The van der Waals surface area contributed by atoms with E-state index < -0.39 is 9.84 Å². The average molecular weight is 603 g/mol. The van der Waals surface area contributed by atoms with Gasteiger partial charge in [-0.15, -0.1) is 0 Å². The molecule has 3 fully saturated rings. The zero-order valence-electron chi connectivity index (χ0n) is 24.2. The second-order valence-electron chi connectivity index (χ2n) is 11.8. The lowest BCUT2D eigenvalue weighted by Gasteiger charge is -2.44. The van der Waals surface area contributed by atoms with Crippen LogP contribution in [-0.2, 0) is 16.4 Å². The maximum atomic E-state index is 14.1. The molecule has 12 nitrogen and oxygen atoms in total. The van der Waals surface area contributed by atoms with Crippen LogP contribution in [0.15, 0.2) is 40.5 Å². The summed E-state index contributed by atoms with van der Waals surface area (Å²) in [7, 11) is -1.77. The highest BCUT2D eigenvalue weighted by atomic mass is 32.2. The lowest BCUT2D eigenvalue weighted by molar-refractivity contribution is 0.0832. The molecule has 0 bridgehead atoms. The summed E-state index contributed by atoms with van der Waals surface area (Å²) in [5.74, 6) is 2.72. The van der Waals surface area contributed by atoms with Crippen LogP contribution in [0.1, 0.15) is 75.2 Å². The third-order valence-electron chi connectivity index (χ3n) is 9.21. The Hall–Kier alpha value is -4.00. The summed E-state index contributed by atoms with van der Waals surface area (Å²) in [6.45, 7) is 1.80. The Morgan fingerprint density at radius 1 is 0.977 bits per heavy atom. The number of rotatable bonds is 9. The predicted octanol–water partition coefficient (Wildman–Crippen LogP) is 4.08. The smallest absolute Gasteiger partial charge is 0.295 e. The fraction of sp³-hybridized carbons (Fsp3) is 0.500. The standard InChI is InChI=1S/C30H34N8O4S/c1-3-43(40,41)22-11-9-20(31-14-22)13-32-27-30(39)38(21-10-8-17-4-7-19(17)12-21)28-23(36-27)15-33-26(37-28)24-25(18-5-6-18)34-16-35-29(24)42-2/h9,11,14-19,21H,3-8,10,12-13H2,1-2H3,(H,32,36)/t17?,19-,21-/m0/s1. The number of nitrogens with one attached hydrogen (secondary N) is 1. The molecule has 7 rings (SSSR count). The van der Waals surface area contributed by atoms with E-state index in [1.54, 1.807) is 32.4 Å². The predicted molar refractivity (Wildman–Crippen MR) is 160 cm³/mol. The van der Waals surface area contributed by atoms with Crippen LogP contribution < -0.4 is 15.6 Å². The number of fused-ring (bicyclic) bond motifs is 2. The summed E-state index contributed by atoms with van der Waals surface area (Å²) in [6.07, 6.45) is 12.0. The summed E-state index contributed by atoms with van der Waals surface area (Å²) in [5, 5.41) is 3.15. The molecule has 3 aliphatic rings. The van der Waals surface area contributed by atoms with Crippen molar-refractivity contribution in [3.05, 3.63) is 52.6 Å². The van der Waals surface area contributed by atoms with E-state index in [-0.39, 0.29) is 34.6 Å². The van der Waals surface area contributed by atoms with E-state index in [1.807, 2.05) is 4.57 Å². The van der Waals surface area contributed by atoms with E-state index in [1.165, 1.54) is 25.4 Å². The molecular formula is C30H34N8O4S. The van der Waals surface area contributed by atoms with Gasteiger partial charge < -0.3 is 10.1 Å². The molecule has 1 N–H and O–H groups in total. The van der Waals surface area contributed by atoms with Crippen LogP contribution in [0.5, 0.6) is 5.88 Å². The van der Waals surface area contributed by atoms with Crippen LogP contribution in [0.4, 0.5) is 5.82 Å². The number of aromatic nitrogens is 7. The third kappa shape index (κ3) is 5.13. The number of methoxy groups -OCH3 is 1. The second kappa shape index (κ2) is 10.9. The van der Waals surface area contributed by atoms with Crippen LogP contribution >= 0.6 is 0 Å². The highest BCUT2D eigenvalue weighted by Crippen LogP contribution is 2.48. The van der Waals surface area contributed by atoms with Crippen LogP contribution in [0.2, 0.25) is 0 Å². The molecular weight excluding hydrogens is 568 g/mol. The van der Waals surface area contributed by atoms with Gasteiger partial charge in [0.15, 0.2) is 27.1 Å². The molecule has 4 aromatic heterocycles. The normalized spacial score (nSPS) is 21.7. The van der Waals surface area contributed by atoms with E-state index >= 15 is 0 Å². The van der Waals surface area contributed by atoms with Crippen molar-refractivity contribution in [1.29, 1.82) is 0 Å². The maximum absolute atomic E-state index is 14.1. The first-order valence-electron chi connectivity index (χ1n) is 15.0. The molecule has 0 radical (unpaired) electrons. The van der Waals surface area contributed by atoms with Crippen LogP contribution in [-0.4, -0.2) is 55.8 Å². The van der Waals surface area contributed by atoms with Crippen molar-refractivity contribution in [3.63, 3.8) is 0 Å². The van der Waals surface area contributed by atoms with Gasteiger partial charge in [-0.25, -0.2) is 33.3 Å². The molecule has 1 unspecified atom stereocenters. The maximum Gasteiger partial charge on any atom is 0.295 e. The highest BCUT2D eigenvalue weighted by Gasteiger charge is 2.38. The number of ether oxygens (including phenoxy) is 1. The minimum Gasteiger partial charge on any atom is -0.480 e. The van der Waals surface area contributed by atoms with Gasteiger partial charge in [-0.2, -0.15) is 0 Å². The van der Waals surface area contributed by atoms with Crippen molar-refractivity contribution < 1.29 is 13.2 Å². The van der Waals surface area contributed by atoms with Gasteiger partial charge in [0, 0.05) is 18.2 Å². The first kappa shape index (κ1) is 27.8. The Kier molecular flexibility index (Phi) is 7.07. The molecule has 43 heavy (non-hydrogen) atoms. The average Bonchev–Trinajstić information content (AvgIpc) is 3.86. The van der Waals surface area contributed by atoms with E-state index in [0.717, 1.165) is 43.7 Å². The molecule has 224 valence electrons. The zero-order chi connectivity index (χ0) is 29.7. The van der Waals surface area contributed by atoms with Gasteiger partial charge in [-0.05, 0) is 68.9 Å². The summed E-state index contributed by atoms with van der Waals surface area (Å²) in [6, 6.07) is 3.19. The summed E-state index contributed by atoms with van der Waals surface area (Å²) in [4.78, 5) is 41.7. The number of nitrogens with zero attached hydrogens (tertiary/aromatic N) is 7. The molecule has 3 aliphatic carbocycles. The van der Waals surface area contributed by atoms with Crippen LogP contribution in [0.3, 0.4) is 0 Å². The van der Waals surface area contributed by atoms with Crippen molar-refractivity contribution in [1.82, 2.24) is 34.5 Å². The number of hydrogen-bond acceptors (Lipinski definition) is 11. The van der Waals surface area contributed by atoms with Gasteiger partial charge in [0.05, 0.1) is 41.9 Å². The van der Waals surface area contributed by atoms with Gasteiger partial charge in [-0.1, -0.05) is 6.92 Å². The molecule has 0 saturated heterocycles. The van der Waals surface area contributed by atoms with Crippen molar-refractivity contribution in [2.24, 2.45) is 11.8 Å². The van der Waals surface area contributed by atoms with Gasteiger partial charge >= 0.3 is 0 Å². The summed E-state index contributed by atoms with van der Waals surface area (Å²) >= 11 is 0. The van der Waals surface area contributed by atoms with Crippen molar-refractivity contribution >= 4 is 26.8 Å². The van der Waals surface area contributed by atoms with Gasteiger partial charge in [0.25, 0.3) is 5.56 Å². The highest BCUT2D eigenvalue weighted by molar-refractivity contribution is 7.91. The summed E-state index contributed by atoms with van der Waals surface area (Å²) < 4.78 is 31.7. The third-order valence-corrected chi connectivity index (χ3v) is 10.9. The van der Waals surface area contributed by atoms with Crippen LogP contribution in [0, 0.1) is 11.8 Å². The van der Waals surface area contributed by atoms with E-state index in [2.05, 4.69) is 30.2 Å². The Bertz CT molecular complexity index is 1860. The Morgan fingerprint density at radius 2 is 1.79 bits per heavy atom. The van der Waals surface area contributed by atoms with Gasteiger partial charge in [-0.3, -0.25) is 14.3 Å². The molecule has 0 aliphatic heterocycles. The van der Waals surface area contributed by atoms with Gasteiger partial charge in [0.2, 0.25) is 5.88 Å². The van der Waals surface area contributed by atoms with Gasteiger partial charge in [0.1, 0.15) is 17.4 Å². The monoisotopic (exact) mass is 602 g/mol. The molecule has 13 heteroatoms. The topological polar surface area (TPSA) is 155 Å². The Labute approximate surface area is 249 Å². The minimum absolute atomic E-state index is 0.00340. The molecule has 0 aromatic carbocycles. The first-order valence-corrected chi connectivity index (χ1v) is 16.6. The molecule has 4 heterocycles. The van der Waals surface area contributed by atoms with Crippen molar-refractivity contribution in [2.75, 3.05) is 18.2 Å². The Morgan fingerprint density at radius 3 is 2.47 bits per heavy atom. The second-order valence-corrected chi connectivity index (χ2v) is 14.0. The summed E-state index contributed by atoms with van der Waals surface area (Å²) in [5.41, 5.74) is 2.87. The molecule has 0 amide bonds. The first-order chi connectivity index (χ1) is 20.9. The van der Waals surface area contributed by atoms with E-state index in [0.29, 0.717) is 46.0 Å². The quantitative estimate of drug-likeness (QED) is 0.295. The number of pyridine rings is 1. The lowest BCUT2D eigenvalue weighted by atomic mass is 9.64. The van der Waals surface area contributed by atoms with E-state index in [4.69, 9.17) is 9.72 Å². The van der Waals surface area contributed by atoms with Crippen LogP contribution in [0.25, 0.3) is 22.6 Å². The molecule has 4 aromatic rings. The zero-order valence-corrected chi connectivity index (χ0v) is 25.0. The fourth-order valence-electron chi connectivity index (χ4n) is 6.47. The van der Waals surface area contributed by atoms with Crippen molar-refractivity contribution in [3.8, 4) is 17.3 Å². The molecule has 3 atom stereocenters. The number of anilines is 1. The van der Waals surface area contributed by atoms with E-state index in [9.17, 15) is 13.2 Å². The fourth-order valence-corrected chi connectivity index (χ4v) is 7.29. The SMILES string of the molecule is CCS(=O)(=O)c1ccc(CNc2nc3cnc(-c4c(OC)ncnc4C4CC4)nc3n([C@H]3CCC4CC[C@H]4C3)c2=O)nc1. The number of hydrogen-bond donors (Lipinski definition) is 1. The molecule has 3 saturated carbocycles. The Balaban J connectivity index is 1.29. The largest absolute Gasteiger partial charge is 0.480 e. The lowest BCUT2D eigenvalue weighted by Crippen LogP contribution is -2.38. The van der Waals surface area contributed by atoms with Crippen molar-refractivity contribution in [2.45, 2.75) is 75.3 Å². The number of sulfone groups is 1.